The Labute approximate surface area is 128 Å². The van der Waals surface area contributed by atoms with Crippen LogP contribution in [0.1, 0.15) is 44.6 Å². The van der Waals surface area contributed by atoms with Crippen molar-refractivity contribution in [2.45, 2.75) is 40.0 Å². The van der Waals surface area contributed by atoms with Crippen molar-refractivity contribution >= 4 is 21.7 Å². The van der Waals surface area contributed by atoms with E-state index in [0.717, 1.165) is 40.3 Å². The molecule has 20 heavy (non-hydrogen) atoms. The third-order valence-electron chi connectivity index (χ3n) is 3.07. The molecule has 0 fully saturated rings. The molecule has 0 aliphatic carbocycles. The summed E-state index contributed by atoms with van der Waals surface area (Å²) in [4.78, 5) is 9.31. The normalized spacial score (nSPS) is 11.1. The maximum absolute atomic E-state index is 5.36. The summed E-state index contributed by atoms with van der Waals surface area (Å²) in [5.74, 6) is 2.71. The van der Waals surface area contributed by atoms with Crippen LogP contribution in [-0.2, 0) is 0 Å². The number of hydrogen-bond acceptors (Lipinski definition) is 4. The average molecular weight is 338 g/mol. The van der Waals surface area contributed by atoms with Crippen molar-refractivity contribution in [1.82, 2.24) is 9.97 Å². The van der Waals surface area contributed by atoms with Crippen LogP contribution >= 0.6 is 15.9 Å². The predicted molar refractivity (Wildman–Crippen MR) is 85.0 cm³/mol. The maximum Gasteiger partial charge on any atom is 0.165 e. The van der Waals surface area contributed by atoms with E-state index in [1.807, 2.05) is 13.0 Å². The lowest BCUT2D eigenvalue weighted by Gasteiger charge is -2.14. The number of furan rings is 1. The van der Waals surface area contributed by atoms with Gasteiger partial charge in [-0.15, -0.1) is 0 Å². The molecule has 0 bridgehead atoms. The van der Waals surface area contributed by atoms with Crippen LogP contribution in [0.15, 0.2) is 21.2 Å². The van der Waals surface area contributed by atoms with Crippen LogP contribution in [0.3, 0.4) is 0 Å². The van der Waals surface area contributed by atoms with Crippen molar-refractivity contribution in [2.75, 3.05) is 11.9 Å². The van der Waals surface area contributed by atoms with E-state index < -0.39 is 0 Å². The van der Waals surface area contributed by atoms with Crippen molar-refractivity contribution in [3.63, 3.8) is 0 Å². The first kappa shape index (κ1) is 15.0. The summed E-state index contributed by atoms with van der Waals surface area (Å²) in [6.07, 6.45) is 2.72. The molecule has 0 aromatic carbocycles. The Morgan fingerprint density at radius 2 is 2.10 bits per heavy atom. The predicted octanol–water partition coefficient (Wildman–Crippen LogP) is 4.75. The highest BCUT2D eigenvalue weighted by atomic mass is 79.9. The Bertz CT molecular complexity index is 593. The van der Waals surface area contributed by atoms with Gasteiger partial charge >= 0.3 is 0 Å². The van der Waals surface area contributed by atoms with Gasteiger partial charge in [-0.1, -0.05) is 20.8 Å². The minimum absolute atomic E-state index is 0.320. The largest absolute Gasteiger partial charge is 0.469 e. The average Bonchev–Trinajstić information content (AvgIpc) is 2.83. The lowest BCUT2D eigenvalue weighted by Crippen LogP contribution is -2.08. The molecular weight excluding hydrogens is 318 g/mol. The Kier molecular flexibility index (Phi) is 4.81. The summed E-state index contributed by atoms with van der Waals surface area (Å²) in [6, 6.07) is 1.91. The van der Waals surface area contributed by atoms with Crippen LogP contribution in [0.4, 0.5) is 5.82 Å². The van der Waals surface area contributed by atoms with E-state index in [-0.39, 0.29) is 0 Å². The second-order valence-electron chi connectivity index (χ2n) is 5.07. The summed E-state index contributed by atoms with van der Waals surface area (Å²) < 4.78 is 6.31. The lowest BCUT2D eigenvalue weighted by molar-refractivity contribution is 0.535. The highest BCUT2D eigenvalue weighted by Crippen LogP contribution is 2.32. The first-order chi connectivity index (χ1) is 9.54. The van der Waals surface area contributed by atoms with Gasteiger partial charge in [-0.2, -0.15) is 0 Å². The van der Waals surface area contributed by atoms with Gasteiger partial charge in [0.1, 0.15) is 11.6 Å². The molecule has 0 aliphatic rings. The number of anilines is 1. The van der Waals surface area contributed by atoms with Crippen LogP contribution in [0.25, 0.3) is 11.4 Å². The molecule has 0 saturated carbocycles. The number of halogens is 1. The van der Waals surface area contributed by atoms with Gasteiger partial charge in [0.05, 0.1) is 22.0 Å². The molecule has 0 aliphatic heterocycles. The standard InChI is InChI=1S/C15H20BrN3O/c1-5-7-17-15-12(16)13(9(2)3)18-14(19-15)11-6-8-20-10(11)4/h6,8-9H,5,7H2,1-4H3,(H,17,18,19). The van der Waals surface area contributed by atoms with Gasteiger partial charge < -0.3 is 9.73 Å². The van der Waals surface area contributed by atoms with Crippen LogP contribution in [0.2, 0.25) is 0 Å². The molecule has 2 aromatic rings. The Morgan fingerprint density at radius 3 is 2.65 bits per heavy atom. The zero-order valence-electron chi connectivity index (χ0n) is 12.3. The monoisotopic (exact) mass is 337 g/mol. The van der Waals surface area contributed by atoms with Crippen LogP contribution < -0.4 is 5.32 Å². The fourth-order valence-corrected chi connectivity index (χ4v) is 2.72. The fourth-order valence-electron chi connectivity index (χ4n) is 1.94. The highest BCUT2D eigenvalue weighted by molar-refractivity contribution is 9.10. The van der Waals surface area contributed by atoms with Gasteiger partial charge in [-0.25, -0.2) is 9.97 Å². The SMILES string of the molecule is CCCNc1nc(-c2ccoc2C)nc(C(C)C)c1Br. The molecule has 0 radical (unpaired) electrons. The minimum atomic E-state index is 0.320. The third-order valence-corrected chi connectivity index (χ3v) is 3.85. The van der Waals surface area contributed by atoms with E-state index in [1.165, 1.54) is 0 Å². The molecule has 0 unspecified atom stereocenters. The highest BCUT2D eigenvalue weighted by Gasteiger charge is 2.17. The first-order valence-electron chi connectivity index (χ1n) is 6.90. The first-order valence-corrected chi connectivity index (χ1v) is 7.69. The topological polar surface area (TPSA) is 51.0 Å². The van der Waals surface area contributed by atoms with Crippen molar-refractivity contribution in [2.24, 2.45) is 0 Å². The Morgan fingerprint density at radius 1 is 1.35 bits per heavy atom. The summed E-state index contributed by atoms with van der Waals surface area (Å²) in [5.41, 5.74) is 1.95. The Balaban J connectivity index is 2.53. The van der Waals surface area contributed by atoms with Gasteiger partial charge in [0.25, 0.3) is 0 Å². The van der Waals surface area contributed by atoms with Crippen molar-refractivity contribution in [1.29, 1.82) is 0 Å². The van der Waals surface area contributed by atoms with E-state index in [1.54, 1.807) is 6.26 Å². The van der Waals surface area contributed by atoms with Gasteiger partial charge in [-0.3, -0.25) is 0 Å². The molecule has 108 valence electrons. The third kappa shape index (κ3) is 3.03. The quantitative estimate of drug-likeness (QED) is 0.854. The molecule has 2 aromatic heterocycles. The molecule has 4 nitrogen and oxygen atoms in total. The molecule has 0 saturated heterocycles. The van der Waals surface area contributed by atoms with Crippen molar-refractivity contribution in [3.8, 4) is 11.4 Å². The second kappa shape index (κ2) is 6.39. The maximum atomic E-state index is 5.36. The van der Waals surface area contributed by atoms with Crippen LogP contribution in [0, 0.1) is 6.92 Å². The van der Waals surface area contributed by atoms with Gasteiger partial charge in [-0.05, 0) is 41.3 Å². The van der Waals surface area contributed by atoms with Crippen molar-refractivity contribution < 1.29 is 4.42 Å². The molecule has 0 amide bonds. The number of nitrogens with zero attached hydrogens (tertiary/aromatic N) is 2. The minimum Gasteiger partial charge on any atom is -0.469 e. The smallest absolute Gasteiger partial charge is 0.165 e. The number of rotatable bonds is 5. The molecular formula is C15H20BrN3O. The fraction of sp³-hybridized carbons (Fsp3) is 0.467. The number of nitrogens with one attached hydrogen (secondary N) is 1. The van der Waals surface area contributed by atoms with E-state index in [2.05, 4.69) is 52.0 Å². The summed E-state index contributed by atoms with van der Waals surface area (Å²) in [7, 11) is 0. The van der Waals surface area contributed by atoms with Gasteiger partial charge in [0, 0.05) is 6.54 Å². The van der Waals surface area contributed by atoms with Crippen LogP contribution in [0.5, 0.6) is 0 Å². The number of aryl methyl sites for hydroxylation is 1. The molecule has 1 N–H and O–H groups in total. The molecule has 2 rings (SSSR count). The summed E-state index contributed by atoms with van der Waals surface area (Å²) >= 11 is 3.62. The van der Waals surface area contributed by atoms with E-state index in [0.29, 0.717) is 11.7 Å². The lowest BCUT2D eigenvalue weighted by atomic mass is 10.1. The summed E-state index contributed by atoms with van der Waals surface area (Å²) in [6.45, 7) is 9.20. The molecule has 0 spiro atoms. The molecule has 5 heteroatoms. The van der Waals surface area contributed by atoms with Gasteiger partial charge in [0.15, 0.2) is 5.82 Å². The molecule has 0 atom stereocenters. The molecule has 2 heterocycles. The number of hydrogen-bond donors (Lipinski definition) is 1. The zero-order valence-corrected chi connectivity index (χ0v) is 13.9. The summed E-state index contributed by atoms with van der Waals surface area (Å²) in [5, 5.41) is 3.35. The zero-order chi connectivity index (χ0) is 14.7. The second-order valence-corrected chi connectivity index (χ2v) is 5.86. The van der Waals surface area contributed by atoms with Crippen molar-refractivity contribution in [3.05, 3.63) is 28.3 Å². The Hall–Kier alpha value is -1.36. The van der Waals surface area contributed by atoms with E-state index in [4.69, 9.17) is 4.42 Å². The van der Waals surface area contributed by atoms with E-state index >= 15 is 0 Å². The number of aromatic nitrogens is 2. The van der Waals surface area contributed by atoms with Crippen LogP contribution in [-0.4, -0.2) is 16.5 Å². The van der Waals surface area contributed by atoms with Gasteiger partial charge in [0.2, 0.25) is 0 Å². The van der Waals surface area contributed by atoms with E-state index in [9.17, 15) is 0 Å².